The summed E-state index contributed by atoms with van der Waals surface area (Å²) in [7, 11) is 5.29. The molecule has 4 rings (SSSR count). The molecule has 0 spiro atoms. The fourth-order valence-electron chi connectivity index (χ4n) is 3.76. The molecule has 0 N–H and O–H groups in total. The molecule has 0 bridgehead atoms. The van der Waals surface area contributed by atoms with Crippen LogP contribution in [0.2, 0.25) is 0 Å². The van der Waals surface area contributed by atoms with Crippen LogP contribution in [0.5, 0.6) is 11.9 Å². The fourth-order valence-corrected chi connectivity index (χ4v) is 3.76. The molecule has 0 aliphatic heterocycles. The molecule has 0 aliphatic carbocycles. The Labute approximate surface area is 195 Å². The summed E-state index contributed by atoms with van der Waals surface area (Å²) < 4.78 is 32.8. The first-order valence-electron chi connectivity index (χ1n) is 10.2. The number of esters is 2. The van der Waals surface area contributed by atoms with E-state index in [4.69, 9.17) is 27.8 Å². The lowest BCUT2D eigenvalue weighted by Crippen LogP contribution is -2.04. The average molecular weight is 462 g/mol. The third-order valence-corrected chi connectivity index (χ3v) is 5.23. The van der Waals surface area contributed by atoms with Gasteiger partial charge in [-0.1, -0.05) is 60.7 Å². The van der Waals surface area contributed by atoms with Crippen LogP contribution in [0.1, 0.15) is 20.7 Å². The summed E-state index contributed by atoms with van der Waals surface area (Å²) in [6.45, 7) is 0. The molecule has 0 unspecified atom stereocenters. The van der Waals surface area contributed by atoms with Crippen molar-refractivity contribution in [3.05, 3.63) is 71.8 Å². The van der Waals surface area contributed by atoms with Gasteiger partial charge in [0.1, 0.15) is 0 Å². The van der Waals surface area contributed by atoms with Crippen molar-refractivity contribution in [2.75, 3.05) is 28.4 Å². The van der Waals surface area contributed by atoms with Crippen LogP contribution in [-0.2, 0) is 9.47 Å². The summed E-state index contributed by atoms with van der Waals surface area (Å²) in [4.78, 5) is 25.6. The van der Waals surface area contributed by atoms with Gasteiger partial charge in [0.05, 0.1) is 39.6 Å². The van der Waals surface area contributed by atoms with Gasteiger partial charge < -0.3 is 27.8 Å². The van der Waals surface area contributed by atoms with Crippen molar-refractivity contribution in [1.29, 1.82) is 0 Å². The van der Waals surface area contributed by atoms with Crippen LogP contribution in [0.15, 0.2) is 69.5 Å². The van der Waals surface area contributed by atoms with Gasteiger partial charge in [-0.3, -0.25) is 0 Å². The second kappa shape index (κ2) is 9.58. The van der Waals surface area contributed by atoms with Crippen molar-refractivity contribution in [2.45, 2.75) is 0 Å². The molecule has 0 amide bonds. The minimum absolute atomic E-state index is 0.0605. The van der Waals surface area contributed by atoms with E-state index in [-0.39, 0.29) is 34.5 Å². The molecule has 4 aromatic rings. The van der Waals surface area contributed by atoms with E-state index in [1.807, 2.05) is 60.7 Å². The first kappa shape index (κ1) is 22.7. The van der Waals surface area contributed by atoms with E-state index < -0.39 is 11.9 Å². The number of methoxy groups -OCH3 is 4. The van der Waals surface area contributed by atoms with E-state index >= 15 is 0 Å². The quantitative estimate of drug-likeness (QED) is 0.334. The summed E-state index contributed by atoms with van der Waals surface area (Å²) in [5, 5.41) is 0. The SMILES string of the molecule is COC(=O)c1c(OC)oc(-c2oc(OC)c(C(=O)OC)c2-c2ccccc2)c1-c1ccccc1. The van der Waals surface area contributed by atoms with Gasteiger partial charge in [0, 0.05) is 0 Å². The normalized spacial score (nSPS) is 10.6. The first-order chi connectivity index (χ1) is 16.5. The summed E-state index contributed by atoms with van der Waals surface area (Å²) in [5.74, 6) is -1.10. The van der Waals surface area contributed by atoms with E-state index in [0.29, 0.717) is 22.3 Å². The highest BCUT2D eigenvalue weighted by atomic mass is 16.6. The summed E-state index contributed by atoms with van der Waals surface area (Å²) in [6.07, 6.45) is 0. The number of hydrogen-bond acceptors (Lipinski definition) is 8. The standard InChI is InChI=1S/C26H22O8/c1-29-23(27)19-17(15-11-7-5-8-12-15)21(33-25(19)31-3)22-18(16-13-9-6-10-14-16)20(24(28)30-2)26(32-4)34-22/h5-14H,1-4H3. The Bertz CT molecular complexity index is 1210. The molecule has 0 saturated heterocycles. The number of benzene rings is 2. The highest BCUT2D eigenvalue weighted by molar-refractivity contribution is 6.07. The van der Waals surface area contributed by atoms with Crippen molar-refractivity contribution in [2.24, 2.45) is 0 Å². The van der Waals surface area contributed by atoms with E-state index in [0.717, 1.165) is 0 Å². The Morgan fingerprint density at radius 2 is 0.941 bits per heavy atom. The number of rotatable bonds is 7. The maximum atomic E-state index is 12.8. The highest BCUT2D eigenvalue weighted by Gasteiger charge is 2.36. The van der Waals surface area contributed by atoms with Crippen LogP contribution >= 0.6 is 0 Å². The summed E-state index contributed by atoms with van der Waals surface area (Å²) in [6, 6.07) is 18.2. The molecular formula is C26H22O8. The number of ether oxygens (including phenoxy) is 4. The van der Waals surface area contributed by atoms with Crippen LogP contribution in [0, 0.1) is 0 Å². The Morgan fingerprint density at radius 1 is 0.588 bits per heavy atom. The topological polar surface area (TPSA) is 97.3 Å². The molecule has 2 aromatic heterocycles. The Kier molecular flexibility index (Phi) is 6.40. The predicted octanol–water partition coefficient (Wildman–Crippen LogP) is 5.46. The van der Waals surface area contributed by atoms with Gasteiger partial charge in [-0.25, -0.2) is 9.59 Å². The van der Waals surface area contributed by atoms with Gasteiger partial charge in [-0.05, 0) is 11.1 Å². The number of carbonyl (C=O) groups excluding carboxylic acids is 2. The molecule has 2 heterocycles. The molecule has 0 saturated carbocycles. The molecule has 174 valence electrons. The second-order valence-electron chi connectivity index (χ2n) is 7.06. The van der Waals surface area contributed by atoms with E-state index in [1.165, 1.54) is 28.4 Å². The third kappa shape index (κ3) is 3.79. The Hall–Kier alpha value is -4.46. The van der Waals surface area contributed by atoms with E-state index in [1.54, 1.807) is 0 Å². The summed E-state index contributed by atoms with van der Waals surface area (Å²) >= 11 is 0. The van der Waals surface area contributed by atoms with Crippen LogP contribution in [-0.4, -0.2) is 40.4 Å². The van der Waals surface area contributed by atoms with Gasteiger partial charge in [0.2, 0.25) is 0 Å². The van der Waals surface area contributed by atoms with Crippen molar-refractivity contribution < 1.29 is 37.4 Å². The maximum Gasteiger partial charge on any atom is 0.345 e. The zero-order valence-corrected chi connectivity index (χ0v) is 19.0. The van der Waals surface area contributed by atoms with Crippen molar-refractivity contribution in [3.63, 3.8) is 0 Å². The largest absolute Gasteiger partial charge is 0.468 e. The molecule has 0 radical (unpaired) electrons. The molecule has 0 aliphatic rings. The smallest absolute Gasteiger partial charge is 0.345 e. The zero-order chi connectivity index (χ0) is 24.2. The lowest BCUT2D eigenvalue weighted by molar-refractivity contribution is 0.0585. The minimum atomic E-state index is -0.654. The minimum Gasteiger partial charge on any atom is -0.468 e. The average Bonchev–Trinajstić information content (AvgIpc) is 3.47. The maximum absolute atomic E-state index is 12.8. The lowest BCUT2D eigenvalue weighted by Gasteiger charge is -2.07. The van der Waals surface area contributed by atoms with Gasteiger partial charge in [0.25, 0.3) is 0 Å². The highest BCUT2D eigenvalue weighted by Crippen LogP contribution is 2.50. The monoisotopic (exact) mass is 462 g/mol. The second-order valence-corrected chi connectivity index (χ2v) is 7.06. The van der Waals surface area contributed by atoms with Crippen molar-refractivity contribution in [1.82, 2.24) is 0 Å². The Morgan fingerprint density at radius 3 is 1.24 bits per heavy atom. The first-order valence-corrected chi connectivity index (χ1v) is 10.2. The van der Waals surface area contributed by atoms with Gasteiger partial charge in [0.15, 0.2) is 22.6 Å². The van der Waals surface area contributed by atoms with Crippen LogP contribution in [0.4, 0.5) is 0 Å². The molecule has 0 atom stereocenters. The number of carbonyl (C=O) groups is 2. The van der Waals surface area contributed by atoms with Gasteiger partial charge in [-0.2, -0.15) is 0 Å². The third-order valence-electron chi connectivity index (χ3n) is 5.23. The molecule has 0 fully saturated rings. The van der Waals surface area contributed by atoms with Gasteiger partial charge in [-0.15, -0.1) is 0 Å². The van der Waals surface area contributed by atoms with Crippen LogP contribution in [0.3, 0.4) is 0 Å². The number of hydrogen-bond donors (Lipinski definition) is 0. The number of furan rings is 2. The molecule has 8 nitrogen and oxygen atoms in total. The lowest BCUT2D eigenvalue weighted by atomic mass is 9.95. The van der Waals surface area contributed by atoms with Crippen LogP contribution in [0.25, 0.3) is 33.8 Å². The molecule has 8 heteroatoms. The predicted molar refractivity (Wildman–Crippen MR) is 123 cm³/mol. The Balaban J connectivity index is 2.14. The molecule has 2 aromatic carbocycles. The van der Waals surface area contributed by atoms with Gasteiger partial charge >= 0.3 is 23.8 Å². The zero-order valence-electron chi connectivity index (χ0n) is 19.0. The van der Waals surface area contributed by atoms with Crippen molar-refractivity contribution >= 4 is 11.9 Å². The van der Waals surface area contributed by atoms with E-state index in [9.17, 15) is 9.59 Å². The van der Waals surface area contributed by atoms with E-state index in [2.05, 4.69) is 0 Å². The van der Waals surface area contributed by atoms with Crippen LogP contribution < -0.4 is 9.47 Å². The van der Waals surface area contributed by atoms with Crippen molar-refractivity contribution in [3.8, 4) is 45.7 Å². The summed E-state index contributed by atoms with van der Waals surface area (Å²) in [5.41, 5.74) is 2.24. The molecular weight excluding hydrogens is 440 g/mol. The molecule has 34 heavy (non-hydrogen) atoms. The fraction of sp³-hybridized carbons (Fsp3) is 0.154.